The van der Waals surface area contributed by atoms with Gasteiger partial charge < -0.3 is 0 Å². The van der Waals surface area contributed by atoms with Crippen LogP contribution in [-0.2, 0) is 0 Å². The lowest BCUT2D eigenvalue weighted by Gasteiger charge is -2.17. The maximum absolute atomic E-state index is 12.7. The van der Waals surface area contributed by atoms with Crippen molar-refractivity contribution in [3.8, 4) is 0 Å². The van der Waals surface area contributed by atoms with E-state index in [2.05, 4.69) is 12.6 Å². The Morgan fingerprint density at radius 1 is 1.21 bits per heavy atom. The van der Waals surface area contributed by atoms with Crippen LogP contribution in [0, 0.1) is 5.92 Å². The standard InChI is InChI=1S/C8H13F4NS/c1-6(3-14)2-13-4-7(9,10)8(11,12)5-13/h6,14H,2-5H2,1H3. The first-order chi connectivity index (χ1) is 6.28. The lowest BCUT2D eigenvalue weighted by molar-refractivity contribution is -0.172. The van der Waals surface area contributed by atoms with Gasteiger partial charge in [-0.3, -0.25) is 4.90 Å². The number of hydrogen-bond acceptors (Lipinski definition) is 2. The number of rotatable bonds is 3. The summed E-state index contributed by atoms with van der Waals surface area (Å²) in [6.45, 7) is 0.340. The van der Waals surface area contributed by atoms with Crippen LogP contribution in [0.15, 0.2) is 0 Å². The van der Waals surface area contributed by atoms with Gasteiger partial charge in [0.15, 0.2) is 0 Å². The van der Waals surface area contributed by atoms with Gasteiger partial charge in [-0.15, -0.1) is 0 Å². The summed E-state index contributed by atoms with van der Waals surface area (Å²) in [7, 11) is 0. The molecular formula is C8H13F4NS. The molecule has 1 saturated heterocycles. The van der Waals surface area contributed by atoms with E-state index in [1.807, 2.05) is 0 Å². The van der Waals surface area contributed by atoms with Gasteiger partial charge >= 0.3 is 11.8 Å². The van der Waals surface area contributed by atoms with Crippen LogP contribution in [0.1, 0.15) is 6.92 Å². The van der Waals surface area contributed by atoms with Crippen molar-refractivity contribution in [2.45, 2.75) is 18.8 Å². The van der Waals surface area contributed by atoms with Crippen LogP contribution in [0.25, 0.3) is 0 Å². The quantitative estimate of drug-likeness (QED) is 0.575. The van der Waals surface area contributed by atoms with Gasteiger partial charge in [0.05, 0.1) is 13.1 Å². The van der Waals surface area contributed by atoms with Gasteiger partial charge in [-0.25, -0.2) is 0 Å². The monoisotopic (exact) mass is 231 g/mol. The van der Waals surface area contributed by atoms with Crippen LogP contribution in [0.2, 0.25) is 0 Å². The molecule has 0 saturated carbocycles. The van der Waals surface area contributed by atoms with Crippen LogP contribution in [-0.4, -0.2) is 42.1 Å². The van der Waals surface area contributed by atoms with Crippen molar-refractivity contribution in [1.82, 2.24) is 4.90 Å². The Kier molecular flexibility index (Phi) is 3.36. The average Bonchev–Trinajstić information content (AvgIpc) is 2.20. The van der Waals surface area contributed by atoms with Gasteiger partial charge in [-0.1, -0.05) is 6.92 Å². The molecule has 1 aliphatic heterocycles. The second kappa shape index (κ2) is 3.89. The minimum absolute atomic E-state index is 0.0445. The Hall–Kier alpha value is 0.0300. The molecule has 0 aliphatic carbocycles. The van der Waals surface area contributed by atoms with Crippen molar-refractivity contribution < 1.29 is 17.6 Å². The van der Waals surface area contributed by atoms with Crippen LogP contribution in [0.4, 0.5) is 17.6 Å². The lowest BCUT2D eigenvalue weighted by atomic mass is 10.2. The Bertz CT molecular complexity index is 194. The minimum atomic E-state index is -3.89. The predicted molar refractivity (Wildman–Crippen MR) is 49.4 cm³/mol. The highest BCUT2D eigenvalue weighted by atomic mass is 32.1. The fraction of sp³-hybridized carbons (Fsp3) is 1.00. The number of thiol groups is 1. The number of alkyl halides is 4. The molecule has 1 rings (SSSR count). The van der Waals surface area contributed by atoms with Gasteiger partial charge in [0.25, 0.3) is 0 Å². The summed E-state index contributed by atoms with van der Waals surface area (Å²) in [5.41, 5.74) is 0. The molecule has 1 nitrogen and oxygen atoms in total. The van der Waals surface area contributed by atoms with E-state index in [9.17, 15) is 17.6 Å². The smallest absolute Gasteiger partial charge is 0.291 e. The number of likely N-dealkylation sites (tertiary alicyclic amines) is 1. The van der Waals surface area contributed by atoms with E-state index in [0.29, 0.717) is 5.75 Å². The summed E-state index contributed by atoms with van der Waals surface area (Å²) in [6.07, 6.45) is 0. The summed E-state index contributed by atoms with van der Waals surface area (Å²) in [4.78, 5) is 1.10. The van der Waals surface area contributed by atoms with Gasteiger partial charge in [-0.2, -0.15) is 30.2 Å². The molecule has 0 aromatic carbocycles. The number of halogens is 4. The zero-order chi connectivity index (χ0) is 11.0. The zero-order valence-electron chi connectivity index (χ0n) is 7.81. The van der Waals surface area contributed by atoms with E-state index in [1.165, 1.54) is 0 Å². The number of hydrogen-bond donors (Lipinski definition) is 1. The van der Waals surface area contributed by atoms with E-state index in [-0.39, 0.29) is 12.5 Å². The number of nitrogens with zero attached hydrogens (tertiary/aromatic N) is 1. The first-order valence-corrected chi connectivity index (χ1v) is 5.00. The molecule has 0 amide bonds. The van der Waals surface area contributed by atoms with E-state index < -0.39 is 24.9 Å². The Morgan fingerprint density at radius 2 is 1.64 bits per heavy atom. The highest BCUT2D eigenvalue weighted by Gasteiger charge is 2.62. The highest BCUT2D eigenvalue weighted by Crippen LogP contribution is 2.40. The molecule has 0 bridgehead atoms. The molecule has 1 aliphatic rings. The summed E-state index contributed by atoms with van der Waals surface area (Å²) in [5.74, 6) is -7.22. The third-order valence-electron chi connectivity index (χ3n) is 2.26. The molecular weight excluding hydrogens is 218 g/mol. The average molecular weight is 231 g/mol. The van der Waals surface area contributed by atoms with Gasteiger partial charge in [0.2, 0.25) is 0 Å². The maximum atomic E-state index is 12.7. The molecule has 0 aromatic heterocycles. The molecule has 1 unspecified atom stereocenters. The predicted octanol–water partition coefficient (Wildman–Crippen LogP) is 2.14. The first kappa shape index (κ1) is 12.1. The largest absolute Gasteiger partial charge is 0.323 e. The molecule has 84 valence electrons. The Balaban J connectivity index is 2.55. The molecule has 0 spiro atoms. The fourth-order valence-electron chi connectivity index (χ4n) is 1.48. The van der Waals surface area contributed by atoms with Crippen LogP contribution < -0.4 is 0 Å². The summed E-state index contributed by atoms with van der Waals surface area (Å²) >= 11 is 3.97. The molecule has 6 heteroatoms. The van der Waals surface area contributed by atoms with E-state index in [0.717, 1.165) is 4.90 Å². The normalized spacial score (nSPS) is 27.9. The second-order valence-electron chi connectivity index (χ2n) is 3.87. The molecule has 0 aromatic rings. The molecule has 0 radical (unpaired) electrons. The van der Waals surface area contributed by atoms with E-state index in [4.69, 9.17) is 0 Å². The van der Waals surface area contributed by atoms with Crippen molar-refractivity contribution in [3.05, 3.63) is 0 Å². The van der Waals surface area contributed by atoms with Crippen molar-refractivity contribution in [1.29, 1.82) is 0 Å². The summed E-state index contributed by atoms with van der Waals surface area (Å²) in [6, 6.07) is 0. The molecule has 14 heavy (non-hydrogen) atoms. The molecule has 0 N–H and O–H groups in total. The Morgan fingerprint density at radius 3 is 2.00 bits per heavy atom. The summed E-state index contributed by atoms with van der Waals surface area (Å²) in [5, 5.41) is 0. The zero-order valence-corrected chi connectivity index (χ0v) is 8.71. The van der Waals surface area contributed by atoms with Crippen LogP contribution >= 0.6 is 12.6 Å². The van der Waals surface area contributed by atoms with Crippen molar-refractivity contribution in [3.63, 3.8) is 0 Å². The maximum Gasteiger partial charge on any atom is 0.323 e. The SMILES string of the molecule is CC(CS)CN1CC(F)(F)C(F)(F)C1. The Labute approximate surface area is 85.9 Å². The second-order valence-corrected chi connectivity index (χ2v) is 4.23. The highest BCUT2D eigenvalue weighted by molar-refractivity contribution is 7.80. The topological polar surface area (TPSA) is 3.24 Å². The summed E-state index contributed by atoms with van der Waals surface area (Å²) < 4.78 is 50.9. The third kappa shape index (κ3) is 2.34. The van der Waals surface area contributed by atoms with Crippen molar-refractivity contribution in [2.75, 3.05) is 25.4 Å². The third-order valence-corrected chi connectivity index (χ3v) is 2.88. The van der Waals surface area contributed by atoms with Crippen molar-refractivity contribution in [2.24, 2.45) is 5.92 Å². The molecule has 1 atom stereocenters. The molecule has 1 fully saturated rings. The van der Waals surface area contributed by atoms with E-state index >= 15 is 0 Å². The van der Waals surface area contributed by atoms with Crippen molar-refractivity contribution >= 4 is 12.6 Å². The van der Waals surface area contributed by atoms with Crippen LogP contribution in [0.3, 0.4) is 0 Å². The minimum Gasteiger partial charge on any atom is -0.291 e. The van der Waals surface area contributed by atoms with E-state index in [1.54, 1.807) is 6.92 Å². The van der Waals surface area contributed by atoms with Gasteiger partial charge in [0, 0.05) is 6.54 Å². The van der Waals surface area contributed by atoms with Gasteiger partial charge in [-0.05, 0) is 11.7 Å². The first-order valence-electron chi connectivity index (χ1n) is 4.37. The lowest BCUT2D eigenvalue weighted by Crippen LogP contribution is -2.38. The van der Waals surface area contributed by atoms with Crippen LogP contribution in [0.5, 0.6) is 0 Å². The fourth-order valence-corrected chi connectivity index (χ4v) is 1.59. The van der Waals surface area contributed by atoms with Gasteiger partial charge in [0.1, 0.15) is 0 Å². The molecule has 1 heterocycles.